The zero-order valence-electron chi connectivity index (χ0n) is 68.9. The predicted molar refractivity (Wildman–Crippen MR) is 468 cm³/mol. The zero-order valence-corrected chi connectivity index (χ0v) is 72.9. The van der Waals surface area contributed by atoms with E-state index in [-0.39, 0.29) is 81.3 Å². The first-order valence-corrected chi connectivity index (χ1v) is 44.8. The summed E-state index contributed by atoms with van der Waals surface area (Å²) in [6.45, 7) is 5.23. The van der Waals surface area contributed by atoms with Crippen LogP contribution in [0, 0.1) is 26.6 Å². The lowest BCUT2D eigenvalue weighted by atomic mass is 9.95. The number of hydrogen-bond donors (Lipinski definition) is 4. The molecule has 0 bridgehead atoms. The van der Waals surface area contributed by atoms with Crippen LogP contribution in [0.1, 0.15) is 39.5 Å². The van der Waals surface area contributed by atoms with Crippen molar-refractivity contribution in [2.24, 2.45) is 20.6 Å². The maximum atomic E-state index is 14.8. The van der Waals surface area contributed by atoms with Crippen molar-refractivity contribution in [1.29, 1.82) is 0 Å². The largest absolute Gasteiger partial charge is 0.435 e. The summed E-state index contributed by atoms with van der Waals surface area (Å²) in [5.41, 5.74) is 7.03. The molecule has 0 fully saturated rings. The van der Waals surface area contributed by atoms with Gasteiger partial charge in [-0.15, -0.1) is 0 Å². The quantitative estimate of drug-likeness (QED) is 0.0615. The summed E-state index contributed by atoms with van der Waals surface area (Å²) in [6, 6.07) is 55.0. The van der Waals surface area contributed by atoms with Crippen molar-refractivity contribution < 1.29 is 90.7 Å². The number of alkyl halides is 12. The van der Waals surface area contributed by atoms with Gasteiger partial charge in [0, 0.05) is 91.6 Å². The fraction of sp³-hybridized carbons (Fsp3) is 0.101. The molecule has 0 aliphatic rings. The normalized spacial score (nSPS) is 12.1. The molecule has 43 heteroatoms. The summed E-state index contributed by atoms with van der Waals surface area (Å²) in [4.78, 5) is 17.0. The van der Waals surface area contributed by atoms with Gasteiger partial charge in [-0.3, -0.25) is 19.9 Å². The van der Waals surface area contributed by atoms with Gasteiger partial charge in [0.2, 0.25) is 40.1 Å². The summed E-state index contributed by atoms with van der Waals surface area (Å²) >= 11 is 6.36. The van der Waals surface area contributed by atoms with E-state index in [1.165, 1.54) is 110 Å². The van der Waals surface area contributed by atoms with Crippen LogP contribution >= 0.6 is 11.6 Å². The molecule has 0 aliphatic carbocycles. The Hall–Kier alpha value is -14.0. The SMILES string of the molecule is Cc1c(F)cc(-c2ccncc2)cc1-c1cc(C(F)(F)F)nn1-c1ccc(S(N)(=O)=O)cc1.Cc1cc(-c2ccncc2)cc(-c2cc(C(F)(F)F)nn2-c2ccc(S(N)(=O)=O)cc2)c1.Cc1cc(N(C)C)c(-c2cc(C(F)(F)F)nn2-c2ccc(S(N)(=O)=O)cc2)cc1-c1ccncc1.NS(=O)(=O)c1ccc(-n2nc(C(F)(F)F)cc2-c2cc(-c3ccncc3)ccc2Cl)cc1. The average Bonchev–Trinajstić information content (AvgIpc) is 1.63. The Labute approximate surface area is 750 Å². The summed E-state index contributed by atoms with van der Waals surface area (Å²) < 4.78 is 274. The van der Waals surface area contributed by atoms with E-state index < -0.39 is 93.4 Å². The zero-order chi connectivity index (χ0) is 95.7. The van der Waals surface area contributed by atoms with E-state index in [2.05, 4.69) is 40.3 Å². The minimum absolute atomic E-state index is 0.0158. The van der Waals surface area contributed by atoms with Gasteiger partial charge in [-0.05, 0) is 300 Å². The van der Waals surface area contributed by atoms with E-state index >= 15 is 0 Å². The summed E-state index contributed by atoms with van der Waals surface area (Å²) in [5.74, 6) is -0.606. The molecule has 0 saturated heterocycles. The molecule has 0 atom stereocenters. The van der Waals surface area contributed by atoms with Gasteiger partial charge in [-0.1, -0.05) is 23.7 Å². The number of nitrogens with two attached hydrogens (primary N) is 4. The number of benzene rings is 8. The van der Waals surface area contributed by atoms with E-state index in [4.69, 9.17) is 32.2 Å². The highest BCUT2D eigenvalue weighted by molar-refractivity contribution is 7.90. The van der Waals surface area contributed by atoms with E-state index in [1.807, 2.05) is 61.2 Å². The molecule has 8 heterocycles. The smallest absolute Gasteiger partial charge is 0.377 e. The molecule has 0 radical (unpaired) electrons. The lowest BCUT2D eigenvalue weighted by Crippen LogP contribution is -2.13. The maximum absolute atomic E-state index is 14.8. The first kappa shape index (κ1) is 95.6. The number of sulfonamides is 4. The van der Waals surface area contributed by atoms with Gasteiger partial charge in [0.25, 0.3) is 0 Å². The molecule has 8 N–H and O–H groups in total. The van der Waals surface area contributed by atoms with Crippen LogP contribution in [-0.2, 0) is 64.8 Å². The predicted octanol–water partition coefficient (Wildman–Crippen LogP) is 18.9. The van der Waals surface area contributed by atoms with E-state index in [0.29, 0.717) is 33.5 Å². The van der Waals surface area contributed by atoms with Gasteiger partial charge >= 0.3 is 24.7 Å². The van der Waals surface area contributed by atoms with Gasteiger partial charge in [0.1, 0.15) is 5.82 Å². The molecule has 8 aromatic carbocycles. The maximum Gasteiger partial charge on any atom is 0.435 e. The molecule has 0 aliphatic heterocycles. The highest BCUT2D eigenvalue weighted by Crippen LogP contribution is 2.45. The number of aryl methyl sites for hydroxylation is 2. The number of halogens is 14. The molecule has 0 unspecified atom stereocenters. The fourth-order valence-electron chi connectivity index (χ4n) is 13.6. The second-order valence-electron chi connectivity index (χ2n) is 29.4. The Morgan fingerprint density at radius 3 is 0.939 bits per heavy atom. The summed E-state index contributed by atoms with van der Waals surface area (Å²) in [6.07, 6.45) is -5.99. The van der Waals surface area contributed by atoms with Crippen LogP contribution in [0.5, 0.6) is 0 Å². The Kier molecular flexibility index (Phi) is 27.1. The number of anilines is 1. The summed E-state index contributed by atoms with van der Waals surface area (Å²) in [7, 11) is -12.3. The molecule has 680 valence electrons. The Morgan fingerprint density at radius 1 is 0.303 bits per heavy atom. The lowest BCUT2D eigenvalue weighted by Gasteiger charge is -2.21. The minimum atomic E-state index is -4.75. The van der Waals surface area contributed by atoms with Crippen molar-refractivity contribution in [2.45, 2.75) is 65.1 Å². The van der Waals surface area contributed by atoms with Crippen LogP contribution in [-0.4, -0.2) is 107 Å². The molecule has 25 nitrogen and oxygen atoms in total. The molecular formula is C89H69ClF13N17O8S4. The molecule has 132 heavy (non-hydrogen) atoms. The van der Waals surface area contributed by atoms with Crippen molar-refractivity contribution >= 4 is 57.4 Å². The van der Waals surface area contributed by atoms with Crippen molar-refractivity contribution in [1.82, 2.24) is 59.1 Å². The molecule has 0 amide bonds. The van der Waals surface area contributed by atoms with Crippen molar-refractivity contribution in [3.63, 3.8) is 0 Å². The average molecular weight is 1920 g/mol. The Morgan fingerprint density at radius 2 is 0.598 bits per heavy atom. The van der Waals surface area contributed by atoms with Gasteiger partial charge in [-0.2, -0.15) is 73.1 Å². The van der Waals surface area contributed by atoms with Crippen LogP contribution < -0.4 is 25.5 Å². The third-order valence-corrected chi connectivity index (χ3v) is 24.1. The van der Waals surface area contributed by atoms with Crippen molar-refractivity contribution in [2.75, 3.05) is 19.0 Å². The topological polar surface area (TPSA) is 367 Å². The number of primary sulfonamides is 4. The fourth-order valence-corrected chi connectivity index (χ4v) is 15.9. The Balaban J connectivity index is 0.000000150. The second kappa shape index (κ2) is 37.5. The van der Waals surface area contributed by atoms with E-state index in [1.54, 1.807) is 112 Å². The Bertz CT molecular complexity index is 7450. The first-order chi connectivity index (χ1) is 61.9. The molecule has 0 saturated carbocycles. The van der Waals surface area contributed by atoms with E-state index in [0.717, 1.165) is 99.6 Å². The van der Waals surface area contributed by atoms with Crippen LogP contribution in [0.2, 0.25) is 5.02 Å². The standard InChI is InChI=1S/C24H22F3N5O2S.C22H16F4N4O2S.C22H17F3N4O2S.C21H14ClF3N4O2S/c1-15-12-21(31(2)3)20(13-19(15)16-8-10-29-11-9-16)22-14-23(24(25,26)27)30-32(22)17-4-6-18(7-5-17)35(28,33)34;1-13-18(10-15(11-19(13)23)14-6-8-28-9-7-14)20-12-21(22(24,25)26)29-30(20)16-2-4-17(5-3-16)33(27,31)32;1-14-10-16(15-6-8-27-9-7-15)12-17(11-14)20-13-21(22(23,24)25)28-29(20)18-2-4-19(5-3-18)32(26,30)31;22-18-6-1-14(13-7-9-27-10-8-13)11-17(18)19-12-20(21(23,24)25)28-29(19)15-2-4-16(5-3-15)32(26,30)31/h4-14H,1-3H3,(H2,28,33,34);2-12H,1H3,(H2,27,31,32);2-13H,1H3,(H2,26,30,31);1-12H,(H2,26,30,31). The van der Waals surface area contributed by atoms with Crippen molar-refractivity contribution in [3.05, 3.63) is 330 Å². The van der Waals surface area contributed by atoms with Crippen molar-refractivity contribution in [3.8, 4) is 112 Å². The van der Waals surface area contributed by atoms with Crippen LogP contribution in [0.4, 0.5) is 62.8 Å². The number of pyridine rings is 4. The third kappa shape index (κ3) is 22.2. The number of nitrogens with zero attached hydrogens (tertiary/aromatic N) is 13. The molecule has 0 spiro atoms. The molecule has 8 aromatic heterocycles. The van der Waals surface area contributed by atoms with Gasteiger partial charge in [0.05, 0.1) is 70.1 Å². The molecule has 16 rings (SSSR count). The lowest BCUT2D eigenvalue weighted by molar-refractivity contribution is -0.142. The van der Waals surface area contributed by atoms with Gasteiger partial charge in [-0.25, -0.2) is 77.3 Å². The van der Waals surface area contributed by atoms with E-state index in [9.17, 15) is 90.7 Å². The number of rotatable bonds is 17. The molecular weight excluding hydrogens is 1850 g/mol. The number of hydrogen-bond acceptors (Lipinski definition) is 17. The van der Waals surface area contributed by atoms with Crippen LogP contribution in [0.25, 0.3) is 112 Å². The first-order valence-electron chi connectivity index (χ1n) is 38.3. The molecule has 16 aromatic rings. The van der Waals surface area contributed by atoms with Gasteiger partial charge in [0.15, 0.2) is 22.8 Å². The monoisotopic (exact) mass is 1910 g/mol. The summed E-state index contributed by atoms with van der Waals surface area (Å²) in [5, 5.41) is 35.6. The third-order valence-electron chi connectivity index (χ3n) is 20.0. The second-order valence-corrected chi connectivity index (χ2v) is 36.0. The van der Waals surface area contributed by atoms with Gasteiger partial charge < -0.3 is 4.90 Å². The van der Waals surface area contributed by atoms with Crippen LogP contribution in [0.15, 0.2) is 300 Å². The highest BCUT2D eigenvalue weighted by atomic mass is 35.5. The minimum Gasteiger partial charge on any atom is -0.377 e. The van der Waals surface area contributed by atoms with Crippen LogP contribution in [0.3, 0.4) is 0 Å². The number of aromatic nitrogens is 12. The highest BCUT2D eigenvalue weighted by Gasteiger charge is 2.40.